The Hall–Kier alpha value is -2.61. The number of carbonyl (C=O) groups excluding carboxylic acids is 1. The van der Waals surface area contributed by atoms with E-state index in [0.29, 0.717) is 12.1 Å². The highest BCUT2D eigenvalue weighted by Gasteiger charge is 2.66. The standard InChI is InChI=1S/C21H23F2N3O3/c1-20(2)13-7-8-21(20,26(3)19(28)29-10-9-27)18-12(13)11-16(24-25-18)17-14(22)5-4-6-15(17)23/h4-6,11,13,27H,7-10H2,1-3H3/t13-,21-/m0/s1. The molecule has 8 heteroatoms. The molecule has 0 saturated heterocycles. The van der Waals surface area contributed by atoms with E-state index in [1.54, 1.807) is 13.1 Å². The topological polar surface area (TPSA) is 75.6 Å². The molecular formula is C21H23F2N3O3. The summed E-state index contributed by atoms with van der Waals surface area (Å²) in [7, 11) is 1.66. The molecular weight excluding hydrogens is 380 g/mol. The summed E-state index contributed by atoms with van der Waals surface area (Å²) in [6.45, 7) is 3.77. The van der Waals surface area contributed by atoms with E-state index < -0.39 is 23.3 Å². The lowest BCUT2D eigenvalue weighted by Gasteiger charge is -2.44. The summed E-state index contributed by atoms with van der Waals surface area (Å²) in [6, 6.07) is 5.39. The van der Waals surface area contributed by atoms with Crippen LogP contribution < -0.4 is 0 Å². The number of amides is 1. The van der Waals surface area contributed by atoms with Gasteiger partial charge in [0.1, 0.15) is 18.2 Å². The lowest BCUT2D eigenvalue weighted by molar-refractivity contribution is 0.00979. The average Bonchev–Trinajstić information content (AvgIpc) is 3.06. The molecule has 6 nitrogen and oxygen atoms in total. The Balaban J connectivity index is 1.82. The second kappa shape index (κ2) is 6.73. The number of hydrogen-bond acceptors (Lipinski definition) is 5. The van der Waals surface area contributed by atoms with E-state index in [9.17, 15) is 13.6 Å². The Kier molecular flexibility index (Phi) is 4.57. The molecule has 2 aromatic rings. The summed E-state index contributed by atoms with van der Waals surface area (Å²) in [5.41, 5.74) is 0.331. The molecule has 154 valence electrons. The molecule has 1 heterocycles. The van der Waals surface area contributed by atoms with Gasteiger partial charge in [0, 0.05) is 12.5 Å². The number of nitrogens with zero attached hydrogens (tertiary/aromatic N) is 3. The van der Waals surface area contributed by atoms with E-state index in [4.69, 9.17) is 9.84 Å². The zero-order chi connectivity index (χ0) is 21.0. The summed E-state index contributed by atoms with van der Waals surface area (Å²) in [6.07, 6.45) is 0.944. The van der Waals surface area contributed by atoms with Gasteiger partial charge < -0.3 is 9.84 Å². The number of halogens is 2. The van der Waals surface area contributed by atoms with Gasteiger partial charge in [-0.1, -0.05) is 19.9 Å². The van der Waals surface area contributed by atoms with E-state index in [-0.39, 0.29) is 35.8 Å². The smallest absolute Gasteiger partial charge is 0.410 e. The van der Waals surface area contributed by atoms with Crippen LogP contribution in [-0.4, -0.2) is 46.6 Å². The van der Waals surface area contributed by atoms with Crippen molar-refractivity contribution in [1.29, 1.82) is 0 Å². The molecule has 1 fully saturated rings. The first kappa shape index (κ1) is 19.7. The number of rotatable bonds is 4. The van der Waals surface area contributed by atoms with Crippen molar-refractivity contribution in [3.8, 4) is 11.3 Å². The highest BCUT2D eigenvalue weighted by Crippen LogP contribution is 2.68. The van der Waals surface area contributed by atoms with Crippen molar-refractivity contribution in [3.63, 3.8) is 0 Å². The summed E-state index contributed by atoms with van der Waals surface area (Å²) in [5, 5.41) is 17.5. The summed E-state index contributed by atoms with van der Waals surface area (Å²) in [5.74, 6) is -1.32. The van der Waals surface area contributed by atoms with E-state index in [2.05, 4.69) is 24.0 Å². The first-order valence-electron chi connectivity index (χ1n) is 9.59. The normalized spacial score (nSPS) is 23.7. The van der Waals surface area contributed by atoms with Gasteiger partial charge in [0.05, 0.1) is 29.1 Å². The monoisotopic (exact) mass is 403 g/mol. The van der Waals surface area contributed by atoms with Gasteiger partial charge in [0.2, 0.25) is 0 Å². The van der Waals surface area contributed by atoms with Crippen LogP contribution in [0, 0.1) is 17.0 Å². The van der Waals surface area contributed by atoms with Crippen LogP contribution >= 0.6 is 0 Å². The molecule has 1 aromatic carbocycles. The van der Waals surface area contributed by atoms with E-state index >= 15 is 0 Å². The lowest BCUT2D eigenvalue weighted by atomic mass is 9.74. The second-order valence-electron chi connectivity index (χ2n) is 8.20. The first-order valence-corrected chi connectivity index (χ1v) is 9.59. The van der Waals surface area contributed by atoms with Crippen LogP contribution in [0.2, 0.25) is 0 Å². The molecule has 0 aliphatic heterocycles. The minimum atomic E-state index is -0.737. The second-order valence-corrected chi connectivity index (χ2v) is 8.20. The molecule has 2 atom stereocenters. The number of aromatic nitrogens is 2. The molecule has 1 N–H and O–H groups in total. The molecule has 4 rings (SSSR count). The average molecular weight is 403 g/mol. The summed E-state index contributed by atoms with van der Waals surface area (Å²) >= 11 is 0. The predicted molar refractivity (Wildman–Crippen MR) is 101 cm³/mol. The minimum Gasteiger partial charge on any atom is -0.447 e. The Morgan fingerprint density at radius 1 is 1.31 bits per heavy atom. The van der Waals surface area contributed by atoms with Gasteiger partial charge in [0.15, 0.2) is 0 Å². The van der Waals surface area contributed by atoms with E-state index in [1.165, 1.54) is 23.1 Å². The Labute approximate surface area is 167 Å². The summed E-state index contributed by atoms with van der Waals surface area (Å²) < 4.78 is 33.6. The van der Waals surface area contributed by atoms with Gasteiger partial charge in [-0.05, 0) is 42.5 Å². The molecule has 0 spiro atoms. The van der Waals surface area contributed by atoms with Crippen molar-refractivity contribution < 1.29 is 23.4 Å². The van der Waals surface area contributed by atoms with Crippen LogP contribution in [0.15, 0.2) is 24.3 Å². The third kappa shape index (κ3) is 2.58. The lowest BCUT2D eigenvalue weighted by Crippen LogP contribution is -2.52. The van der Waals surface area contributed by atoms with Crippen molar-refractivity contribution in [1.82, 2.24) is 15.1 Å². The molecule has 0 radical (unpaired) electrons. The van der Waals surface area contributed by atoms with Gasteiger partial charge in [0.25, 0.3) is 0 Å². The number of aliphatic hydroxyl groups excluding tert-OH is 1. The van der Waals surface area contributed by atoms with E-state index in [0.717, 1.165) is 12.0 Å². The predicted octanol–water partition coefficient (Wildman–Crippen LogP) is 3.60. The fourth-order valence-electron chi connectivity index (χ4n) is 5.29. The van der Waals surface area contributed by atoms with Crippen LogP contribution in [0.25, 0.3) is 11.3 Å². The summed E-state index contributed by atoms with van der Waals surface area (Å²) in [4.78, 5) is 14.1. The molecule has 2 aliphatic carbocycles. The zero-order valence-corrected chi connectivity index (χ0v) is 16.6. The maximum Gasteiger partial charge on any atom is 0.410 e. The molecule has 2 aliphatic rings. The van der Waals surface area contributed by atoms with Crippen molar-refractivity contribution in [2.45, 2.75) is 38.1 Å². The maximum atomic E-state index is 14.3. The Morgan fingerprint density at radius 3 is 2.66 bits per heavy atom. The molecule has 1 saturated carbocycles. The largest absolute Gasteiger partial charge is 0.447 e. The molecule has 0 unspecified atom stereocenters. The zero-order valence-electron chi connectivity index (χ0n) is 16.6. The number of ether oxygens (including phenoxy) is 1. The number of hydrogen-bond donors (Lipinski definition) is 1. The van der Waals surface area contributed by atoms with Crippen LogP contribution in [-0.2, 0) is 10.3 Å². The third-order valence-electron chi connectivity index (χ3n) is 6.70. The highest BCUT2D eigenvalue weighted by atomic mass is 19.1. The molecule has 1 aromatic heterocycles. The maximum absolute atomic E-state index is 14.3. The van der Waals surface area contributed by atoms with Crippen molar-refractivity contribution in [3.05, 3.63) is 47.2 Å². The SMILES string of the molecule is CN(C(=O)OCCO)[C@@]12CC[C@@H](c3cc(-c4c(F)cccc4F)nnc31)C2(C)C. The van der Waals surface area contributed by atoms with Crippen LogP contribution in [0.4, 0.5) is 13.6 Å². The van der Waals surface area contributed by atoms with Crippen LogP contribution in [0.1, 0.15) is 43.9 Å². The van der Waals surface area contributed by atoms with E-state index in [1.807, 2.05) is 0 Å². The Morgan fingerprint density at radius 2 is 2.00 bits per heavy atom. The number of fused-ring (bicyclic) bond motifs is 5. The van der Waals surface area contributed by atoms with Crippen LogP contribution in [0.5, 0.6) is 0 Å². The Bertz CT molecular complexity index is 961. The minimum absolute atomic E-state index is 0.0645. The molecule has 1 amide bonds. The van der Waals surface area contributed by atoms with Crippen LogP contribution in [0.3, 0.4) is 0 Å². The van der Waals surface area contributed by atoms with Gasteiger partial charge in [-0.25, -0.2) is 13.6 Å². The van der Waals surface area contributed by atoms with Gasteiger partial charge in [-0.2, -0.15) is 5.10 Å². The van der Waals surface area contributed by atoms with Gasteiger partial charge in [-0.15, -0.1) is 5.10 Å². The van der Waals surface area contributed by atoms with Gasteiger partial charge in [-0.3, -0.25) is 4.90 Å². The van der Waals surface area contributed by atoms with Crippen molar-refractivity contribution >= 4 is 6.09 Å². The fraction of sp³-hybridized carbons (Fsp3) is 0.476. The van der Waals surface area contributed by atoms with Gasteiger partial charge >= 0.3 is 6.09 Å². The number of aliphatic hydroxyl groups is 1. The first-order chi connectivity index (χ1) is 13.8. The van der Waals surface area contributed by atoms with Crippen molar-refractivity contribution in [2.24, 2.45) is 5.41 Å². The number of benzene rings is 1. The number of carbonyl (C=O) groups is 1. The molecule has 29 heavy (non-hydrogen) atoms. The van der Waals surface area contributed by atoms with Crippen molar-refractivity contribution in [2.75, 3.05) is 20.3 Å². The third-order valence-corrected chi connectivity index (χ3v) is 6.70. The molecule has 2 bridgehead atoms. The quantitative estimate of drug-likeness (QED) is 0.844. The fourth-order valence-corrected chi connectivity index (χ4v) is 5.29. The highest BCUT2D eigenvalue weighted by molar-refractivity contribution is 5.71.